The summed E-state index contributed by atoms with van der Waals surface area (Å²) in [6, 6.07) is 5.70. The van der Waals surface area contributed by atoms with E-state index in [1.54, 1.807) is 11.3 Å². The molecule has 2 aromatic rings. The summed E-state index contributed by atoms with van der Waals surface area (Å²) in [5.74, 6) is 0.516. The van der Waals surface area contributed by atoms with Crippen LogP contribution in [0.4, 0.5) is 5.69 Å². The van der Waals surface area contributed by atoms with E-state index in [-0.39, 0.29) is 0 Å². The normalized spacial score (nSPS) is 11.1. The highest BCUT2D eigenvalue weighted by molar-refractivity contribution is 7.20. The molecule has 2 N–H and O–H groups in total. The van der Waals surface area contributed by atoms with Gasteiger partial charge in [-0.25, -0.2) is 4.98 Å². The largest absolute Gasteiger partial charge is 0.470 e. The Balaban J connectivity index is 2.23. The molecule has 0 aliphatic heterocycles. The number of aromatic nitrogens is 1. The molecule has 0 atom stereocenters. The second-order valence-electron chi connectivity index (χ2n) is 3.91. The van der Waals surface area contributed by atoms with Crippen molar-refractivity contribution in [3.05, 3.63) is 18.2 Å². The molecule has 4 heteroatoms. The van der Waals surface area contributed by atoms with Crippen LogP contribution in [0, 0.1) is 5.92 Å². The summed E-state index contributed by atoms with van der Waals surface area (Å²) in [5, 5.41) is 0.726. The average Bonchev–Trinajstić information content (AvgIpc) is 2.56. The van der Waals surface area contributed by atoms with Crippen LogP contribution in [-0.4, -0.2) is 11.6 Å². The van der Waals surface area contributed by atoms with E-state index in [4.69, 9.17) is 10.5 Å². The molecule has 80 valence electrons. The van der Waals surface area contributed by atoms with Gasteiger partial charge in [0.15, 0.2) is 0 Å². The Kier molecular flexibility index (Phi) is 2.77. The highest BCUT2D eigenvalue weighted by atomic mass is 32.1. The fraction of sp³-hybridized carbons (Fsp3) is 0.364. The van der Waals surface area contributed by atoms with Crippen molar-refractivity contribution < 1.29 is 4.74 Å². The molecule has 0 amide bonds. The van der Waals surface area contributed by atoms with Gasteiger partial charge >= 0.3 is 0 Å². The van der Waals surface area contributed by atoms with Crippen molar-refractivity contribution in [2.45, 2.75) is 13.8 Å². The van der Waals surface area contributed by atoms with Gasteiger partial charge in [0.2, 0.25) is 0 Å². The minimum Gasteiger partial charge on any atom is -0.470 e. The number of benzene rings is 1. The lowest BCUT2D eigenvalue weighted by Crippen LogP contribution is -2.03. The van der Waals surface area contributed by atoms with Crippen molar-refractivity contribution in [2.75, 3.05) is 12.3 Å². The van der Waals surface area contributed by atoms with Gasteiger partial charge in [-0.05, 0) is 24.1 Å². The maximum absolute atomic E-state index is 5.69. The standard InChI is InChI=1S/C11H14N2OS/c1-7(2)6-14-11-13-9-4-3-8(12)5-10(9)15-11/h3-5,7H,6,12H2,1-2H3. The summed E-state index contributed by atoms with van der Waals surface area (Å²) in [6.45, 7) is 4.94. The molecule has 0 aliphatic carbocycles. The molecule has 1 aromatic carbocycles. The Morgan fingerprint density at radius 3 is 3.00 bits per heavy atom. The highest BCUT2D eigenvalue weighted by Gasteiger charge is 2.05. The van der Waals surface area contributed by atoms with Gasteiger partial charge in [-0.3, -0.25) is 0 Å². The van der Waals surface area contributed by atoms with Crippen molar-refractivity contribution in [1.29, 1.82) is 0 Å². The van der Waals surface area contributed by atoms with Gasteiger partial charge in [-0.1, -0.05) is 25.2 Å². The molecule has 0 saturated carbocycles. The number of fused-ring (bicyclic) bond motifs is 1. The molecule has 2 rings (SSSR count). The van der Waals surface area contributed by atoms with Crippen LogP contribution in [0.5, 0.6) is 5.19 Å². The Bertz CT molecular complexity index is 465. The minimum absolute atomic E-state index is 0.516. The fourth-order valence-corrected chi connectivity index (χ4v) is 2.09. The molecule has 0 radical (unpaired) electrons. The van der Waals surface area contributed by atoms with Crippen molar-refractivity contribution in [3.63, 3.8) is 0 Å². The van der Waals surface area contributed by atoms with Gasteiger partial charge in [-0.2, -0.15) is 0 Å². The Hall–Kier alpha value is -1.29. The van der Waals surface area contributed by atoms with Crippen LogP contribution in [0.2, 0.25) is 0 Å². The zero-order valence-electron chi connectivity index (χ0n) is 8.86. The minimum atomic E-state index is 0.516. The van der Waals surface area contributed by atoms with Crippen LogP contribution in [-0.2, 0) is 0 Å². The summed E-state index contributed by atoms with van der Waals surface area (Å²) in [5.41, 5.74) is 7.41. The molecule has 0 unspecified atom stereocenters. The van der Waals surface area contributed by atoms with Crippen LogP contribution >= 0.6 is 11.3 Å². The van der Waals surface area contributed by atoms with Crippen LogP contribution in [0.3, 0.4) is 0 Å². The molecule has 0 spiro atoms. The van der Waals surface area contributed by atoms with Gasteiger partial charge < -0.3 is 10.5 Å². The van der Waals surface area contributed by atoms with Gasteiger partial charge in [-0.15, -0.1) is 0 Å². The van der Waals surface area contributed by atoms with Crippen molar-refractivity contribution in [3.8, 4) is 5.19 Å². The lowest BCUT2D eigenvalue weighted by molar-refractivity contribution is 0.270. The third-order valence-electron chi connectivity index (χ3n) is 1.93. The number of anilines is 1. The molecule has 0 aliphatic rings. The zero-order valence-corrected chi connectivity index (χ0v) is 9.67. The number of hydrogen-bond donors (Lipinski definition) is 1. The first-order valence-electron chi connectivity index (χ1n) is 4.94. The van der Waals surface area contributed by atoms with Gasteiger partial charge in [0.05, 0.1) is 16.8 Å². The second kappa shape index (κ2) is 4.06. The molecule has 0 fully saturated rings. The first kappa shape index (κ1) is 10.2. The Morgan fingerprint density at radius 1 is 1.47 bits per heavy atom. The predicted molar refractivity (Wildman–Crippen MR) is 64.4 cm³/mol. The second-order valence-corrected chi connectivity index (χ2v) is 4.90. The highest BCUT2D eigenvalue weighted by Crippen LogP contribution is 2.29. The molecule has 3 nitrogen and oxygen atoms in total. The first-order valence-corrected chi connectivity index (χ1v) is 5.75. The van der Waals surface area contributed by atoms with Crippen LogP contribution in [0.1, 0.15) is 13.8 Å². The number of thiazole rings is 1. The predicted octanol–water partition coefficient (Wildman–Crippen LogP) is 2.91. The van der Waals surface area contributed by atoms with Crippen molar-refractivity contribution in [1.82, 2.24) is 4.98 Å². The molecule has 0 bridgehead atoms. The summed E-state index contributed by atoms with van der Waals surface area (Å²) in [4.78, 5) is 4.37. The Morgan fingerprint density at radius 2 is 2.27 bits per heavy atom. The fourth-order valence-electron chi connectivity index (χ4n) is 1.22. The quantitative estimate of drug-likeness (QED) is 0.812. The number of hydrogen-bond acceptors (Lipinski definition) is 4. The van der Waals surface area contributed by atoms with E-state index in [0.29, 0.717) is 12.5 Å². The van der Waals surface area contributed by atoms with E-state index in [1.807, 2.05) is 18.2 Å². The number of ether oxygens (including phenoxy) is 1. The molecule has 1 heterocycles. The monoisotopic (exact) mass is 222 g/mol. The molecule has 0 saturated heterocycles. The van der Waals surface area contributed by atoms with E-state index in [2.05, 4.69) is 18.8 Å². The van der Waals surface area contributed by atoms with Crippen molar-refractivity contribution >= 4 is 27.2 Å². The van der Waals surface area contributed by atoms with Crippen molar-refractivity contribution in [2.24, 2.45) is 5.92 Å². The van der Waals surface area contributed by atoms with E-state index < -0.39 is 0 Å². The summed E-state index contributed by atoms with van der Waals surface area (Å²) < 4.78 is 6.64. The van der Waals surface area contributed by atoms with E-state index in [0.717, 1.165) is 21.1 Å². The first-order chi connectivity index (χ1) is 7.15. The van der Waals surface area contributed by atoms with E-state index in [9.17, 15) is 0 Å². The van der Waals surface area contributed by atoms with E-state index >= 15 is 0 Å². The van der Waals surface area contributed by atoms with Gasteiger partial charge in [0, 0.05) is 5.69 Å². The summed E-state index contributed by atoms with van der Waals surface area (Å²) >= 11 is 1.54. The van der Waals surface area contributed by atoms with Gasteiger partial charge in [0.1, 0.15) is 0 Å². The maximum Gasteiger partial charge on any atom is 0.274 e. The number of nitrogen functional groups attached to an aromatic ring is 1. The third-order valence-corrected chi connectivity index (χ3v) is 2.86. The number of nitrogens with two attached hydrogens (primary N) is 1. The lowest BCUT2D eigenvalue weighted by atomic mass is 10.2. The van der Waals surface area contributed by atoms with Crippen LogP contribution < -0.4 is 10.5 Å². The number of rotatable bonds is 3. The maximum atomic E-state index is 5.69. The topological polar surface area (TPSA) is 48.1 Å². The Labute approximate surface area is 92.9 Å². The molecule has 1 aromatic heterocycles. The smallest absolute Gasteiger partial charge is 0.274 e. The van der Waals surface area contributed by atoms with Crippen LogP contribution in [0.25, 0.3) is 10.2 Å². The molecule has 15 heavy (non-hydrogen) atoms. The molecular formula is C11H14N2OS. The average molecular weight is 222 g/mol. The molecular weight excluding hydrogens is 208 g/mol. The zero-order chi connectivity index (χ0) is 10.8. The third kappa shape index (κ3) is 2.39. The summed E-state index contributed by atoms with van der Waals surface area (Å²) in [7, 11) is 0. The van der Waals surface area contributed by atoms with Crippen LogP contribution in [0.15, 0.2) is 18.2 Å². The lowest BCUT2D eigenvalue weighted by Gasteiger charge is -2.03. The summed E-state index contributed by atoms with van der Waals surface area (Å²) in [6.07, 6.45) is 0. The van der Waals surface area contributed by atoms with E-state index in [1.165, 1.54) is 0 Å². The number of nitrogens with zero attached hydrogens (tertiary/aromatic N) is 1. The SMILES string of the molecule is CC(C)COc1nc2ccc(N)cc2s1. The van der Waals surface area contributed by atoms with Gasteiger partial charge in [0.25, 0.3) is 5.19 Å².